The lowest BCUT2D eigenvalue weighted by molar-refractivity contribution is 0.0508. The topological polar surface area (TPSA) is 110 Å². The Bertz CT molecular complexity index is 604. The average molecular weight is 368 g/mol. The molecule has 3 N–H and O–H groups in total. The number of urea groups is 1. The van der Waals surface area contributed by atoms with Gasteiger partial charge in [-0.3, -0.25) is 0 Å². The lowest BCUT2D eigenvalue weighted by Gasteiger charge is -2.34. The zero-order valence-electron chi connectivity index (χ0n) is 16.8. The molecule has 0 saturated carbocycles. The third kappa shape index (κ3) is 6.53. The molecule has 1 heterocycles. The molecule has 0 aliphatic rings. The van der Waals surface area contributed by atoms with Crippen molar-refractivity contribution in [2.75, 3.05) is 6.54 Å². The van der Waals surface area contributed by atoms with Crippen molar-refractivity contribution in [3.05, 3.63) is 12.2 Å². The predicted molar refractivity (Wildman–Crippen MR) is 98.6 cm³/mol. The molecular formula is C17H32N6O3. The van der Waals surface area contributed by atoms with Crippen LogP contribution < -0.4 is 16.0 Å². The molecule has 9 heteroatoms. The second-order valence-electron chi connectivity index (χ2n) is 7.46. The Balaban J connectivity index is 2.66. The maximum atomic E-state index is 12.4. The SMILES string of the molecule is CCC(CC)(CNC(=O)OC(C)(C)C)NC(=O)NC(C)c1nncn1C. The number of carbonyl (C=O) groups excluding carboxylic acids is 2. The van der Waals surface area contributed by atoms with E-state index < -0.39 is 17.2 Å². The molecule has 26 heavy (non-hydrogen) atoms. The Hall–Kier alpha value is -2.32. The van der Waals surface area contributed by atoms with Crippen LogP contribution >= 0.6 is 0 Å². The Morgan fingerprint density at radius 1 is 1.27 bits per heavy atom. The number of rotatable bonds is 7. The minimum absolute atomic E-state index is 0.278. The lowest BCUT2D eigenvalue weighted by atomic mass is 9.93. The summed E-state index contributed by atoms with van der Waals surface area (Å²) in [4.78, 5) is 24.4. The van der Waals surface area contributed by atoms with Gasteiger partial charge in [0.25, 0.3) is 0 Å². The number of amides is 3. The zero-order chi connectivity index (χ0) is 20.0. The molecule has 1 rings (SSSR count). The van der Waals surface area contributed by atoms with Crippen molar-refractivity contribution in [1.29, 1.82) is 0 Å². The van der Waals surface area contributed by atoms with Crippen LogP contribution in [-0.4, -0.2) is 44.6 Å². The lowest BCUT2D eigenvalue weighted by Crippen LogP contribution is -2.57. The van der Waals surface area contributed by atoms with E-state index in [0.29, 0.717) is 18.7 Å². The average Bonchev–Trinajstić information content (AvgIpc) is 2.96. The number of aryl methyl sites for hydroxylation is 1. The number of alkyl carbamates (subject to hydrolysis) is 1. The molecule has 0 spiro atoms. The molecule has 0 radical (unpaired) electrons. The molecule has 0 aliphatic heterocycles. The summed E-state index contributed by atoms with van der Waals surface area (Å²) >= 11 is 0. The van der Waals surface area contributed by atoms with Crippen molar-refractivity contribution >= 4 is 12.1 Å². The summed E-state index contributed by atoms with van der Waals surface area (Å²) in [6.07, 6.45) is 2.40. The minimum atomic E-state index is -0.569. The zero-order valence-corrected chi connectivity index (χ0v) is 16.8. The van der Waals surface area contributed by atoms with Gasteiger partial charge < -0.3 is 25.3 Å². The number of nitrogens with zero attached hydrogens (tertiary/aromatic N) is 3. The van der Waals surface area contributed by atoms with E-state index in [1.807, 2.05) is 27.8 Å². The van der Waals surface area contributed by atoms with Gasteiger partial charge in [-0.25, -0.2) is 9.59 Å². The van der Waals surface area contributed by atoms with Crippen LogP contribution in [0.3, 0.4) is 0 Å². The number of ether oxygens (including phenoxy) is 1. The van der Waals surface area contributed by atoms with Crippen molar-refractivity contribution in [2.45, 2.75) is 71.6 Å². The largest absolute Gasteiger partial charge is 0.444 e. The molecule has 148 valence electrons. The van der Waals surface area contributed by atoms with Gasteiger partial charge in [0.15, 0.2) is 5.82 Å². The fraction of sp³-hybridized carbons (Fsp3) is 0.765. The van der Waals surface area contributed by atoms with Gasteiger partial charge >= 0.3 is 12.1 Å². The van der Waals surface area contributed by atoms with Gasteiger partial charge in [0.1, 0.15) is 11.9 Å². The second-order valence-corrected chi connectivity index (χ2v) is 7.46. The van der Waals surface area contributed by atoms with Gasteiger partial charge in [0.2, 0.25) is 0 Å². The van der Waals surface area contributed by atoms with Crippen molar-refractivity contribution in [3.8, 4) is 0 Å². The third-order valence-electron chi connectivity index (χ3n) is 4.18. The van der Waals surface area contributed by atoms with Gasteiger partial charge in [0.05, 0.1) is 11.6 Å². The van der Waals surface area contributed by atoms with Gasteiger partial charge in [-0.15, -0.1) is 10.2 Å². The normalized spacial score (nSPS) is 13.0. The first kappa shape index (κ1) is 21.7. The standard InChI is InChI=1S/C17H32N6O3/c1-8-17(9-2,10-18-15(25)26-16(4,5)6)21-14(24)20-12(3)13-22-19-11-23(13)7/h11-12H,8-10H2,1-7H3,(H,18,25)(H2,20,21,24). The molecule has 0 aliphatic carbocycles. The maximum Gasteiger partial charge on any atom is 0.407 e. The number of carbonyl (C=O) groups is 2. The number of hydrogen-bond acceptors (Lipinski definition) is 5. The van der Waals surface area contributed by atoms with Crippen LogP contribution in [0.25, 0.3) is 0 Å². The molecule has 1 unspecified atom stereocenters. The minimum Gasteiger partial charge on any atom is -0.444 e. The van der Waals surface area contributed by atoms with E-state index >= 15 is 0 Å². The van der Waals surface area contributed by atoms with Gasteiger partial charge in [-0.2, -0.15) is 0 Å². The van der Waals surface area contributed by atoms with E-state index in [4.69, 9.17) is 4.74 Å². The van der Waals surface area contributed by atoms with Gasteiger partial charge in [0, 0.05) is 13.6 Å². The Morgan fingerprint density at radius 3 is 2.35 bits per heavy atom. The molecule has 3 amide bonds. The second kappa shape index (κ2) is 8.86. The predicted octanol–water partition coefficient (Wildman–Crippen LogP) is 2.26. The highest BCUT2D eigenvalue weighted by molar-refractivity contribution is 5.75. The fourth-order valence-corrected chi connectivity index (χ4v) is 2.50. The van der Waals surface area contributed by atoms with E-state index in [1.54, 1.807) is 31.7 Å². The first-order valence-corrected chi connectivity index (χ1v) is 8.91. The number of hydrogen-bond donors (Lipinski definition) is 3. The third-order valence-corrected chi connectivity index (χ3v) is 4.18. The van der Waals surface area contributed by atoms with E-state index in [1.165, 1.54) is 0 Å². The molecule has 0 bridgehead atoms. The molecule has 0 fully saturated rings. The highest BCUT2D eigenvalue weighted by atomic mass is 16.6. The van der Waals surface area contributed by atoms with Crippen molar-refractivity contribution in [1.82, 2.24) is 30.7 Å². The Kier molecular flexibility index (Phi) is 7.41. The van der Waals surface area contributed by atoms with E-state index in [9.17, 15) is 9.59 Å². The van der Waals surface area contributed by atoms with Crippen molar-refractivity contribution < 1.29 is 14.3 Å². The number of aromatic nitrogens is 3. The summed E-state index contributed by atoms with van der Waals surface area (Å²) in [6.45, 7) is 11.5. The smallest absolute Gasteiger partial charge is 0.407 e. The highest BCUT2D eigenvalue weighted by Gasteiger charge is 2.30. The number of nitrogens with one attached hydrogen (secondary N) is 3. The maximum absolute atomic E-state index is 12.4. The summed E-state index contributed by atoms with van der Waals surface area (Å²) in [5.74, 6) is 0.658. The quantitative estimate of drug-likeness (QED) is 0.684. The van der Waals surface area contributed by atoms with E-state index in [0.717, 1.165) is 0 Å². The van der Waals surface area contributed by atoms with Gasteiger partial charge in [-0.1, -0.05) is 13.8 Å². The van der Waals surface area contributed by atoms with E-state index in [2.05, 4.69) is 26.1 Å². The Labute approximate surface area is 155 Å². The summed E-state index contributed by atoms with van der Waals surface area (Å²) in [5, 5.41) is 16.4. The first-order chi connectivity index (χ1) is 12.0. The highest BCUT2D eigenvalue weighted by Crippen LogP contribution is 2.15. The molecule has 0 aromatic carbocycles. The van der Waals surface area contributed by atoms with Crippen molar-refractivity contribution in [2.24, 2.45) is 7.05 Å². The molecule has 1 aromatic heterocycles. The van der Waals surface area contributed by atoms with Crippen LogP contribution in [0.1, 0.15) is 66.3 Å². The van der Waals surface area contributed by atoms with Crippen molar-refractivity contribution in [3.63, 3.8) is 0 Å². The summed E-state index contributed by atoms with van der Waals surface area (Å²) in [5.41, 5.74) is -1.14. The monoisotopic (exact) mass is 368 g/mol. The molecule has 9 nitrogen and oxygen atoms in total. The van der Waals surface area contributed by atoms with Crippen LogP contribution in [0.5, 0.6) is 0 Å². The van der Waals surface area contributed by atoms with Crippen LogP contribution in [-0.2, 0) is 11.8 Å². The molecule has 1 atom stereocenters. The first-order valence-electron chi connectivity index (χ1n) is 8.91. The molecule has 1 aromatic rings. The van der Waals surface area contributed by atoms with Crippen LogP contribution in [0.2, 0.25) is 0 Å². The van der Waals surface area contributed by atoms with Crippen LogP contribution in [0.15, 0.2) is 6.33 Å². The fourth-order valence-electron chi connectivity index (χ4n) is 2.50. The Morgan fingerprint density at radius 2 is 1.88 bits per heavy atom. The van der Waals surface area contributed by atoms with Gasteiger partial charge in [-0.05, 0) is 40.5 Å². The summed E-state index contributed by atoms with van der Waals surface area (Å²) in [7, 11) is 1.82. The summed E-state index contributed by atoms with van der Waals surface area (Å²) in [6, 6.07) is -0.622. The van der Waals surface area contributed by atoms with E-state index in [-0.39, 0.29) is 18.6 Å². The van der Waals surface area contributed by atoms with Crippen LogP contribution in [0.4, 0.5) is 9.59 Å². The molecular weight excluding hydrogens is 336 g/mol. The summed E-state index contributed by atoms with van der Waals surface area (Å²) < 4.78 is 7.01. The van der Waals surface area contributed by atoms with Crippen LogP contribution in [0, 0.1) is 0 Å². The molecule has 0 saturated heterocycles.